The summed E-state index contributed by atoms with van der Waals surface area (Å²) in [5.74, 6) is 3.47. The predicted octanol–water partition coefficient (Wildman–Crippen LogP) is 4.66. The Balaban J connectivity index is 1.73. The van der Waals surface area contributed by atoms with Crippen LogP contribution in [0.4, 0.5) is 0 Å². The Morgan fingerprint density at radius 3 is 2.71 bits per heavy atom. The third kappa shape index (κ3) is 5.31. The van der Waals surface area contributed by atoms with Crippen LogP contribution in [-0.2, 0) is 6.42 Å². The van der Waals surface area contributed by atoms with Crippen molar-refractivity contribution in [2.24, 2.45) is 11.8 Å². The minimum absolute atomic E-state index is 0.216. The second-order valence-electron chi connectivity index (χ2n) is 9.59. The van der Waals surface area contributed by atoms with Gasteiger partial charge in [0.1, 0.15) is 24.2 Å². The van der Waals surface area contributed by atoms with Crippen LogP contribution in [0.15, 0.2) is 28.8 Å². The van der Waals surface area contributed by atoms with E-state index in [2.05, 4.69) is 24.3 Å². The molecule has 2 N–H and O–H groups in total. The number of hydrogen-bond donors (Lipinski definition) is 2. The molecule has 1 saturated carbocycles. The molecule has 2 heterocycles. The van der Waals surface area contributed by atoms with E-state index in [1.807, 2.05) is 38.1 Å². The van der Waals surface area contributed by atoms with Crippen LogP contribution in [0.2, 0.25) is 0 Å². The van der Waals surface area contributed by atoms with Gasteiger partial charge in [-0.25, -0.2) is 9.97 Å². The second-order valence-corrected chi connectivity index (χ2v) is 9.59. The van der Waals surface area contributed by atoms with E-state index in [9.17, 15) is 5.11 Å². The lowest BCUT2D eigenvalue weighted by Gasteiger charge is -2.19. The van der Waals surface area contributed by atoms with Crippen LogP contribution in [0.1, 0.15) is 48.9 Å². The summed E-state index contributed by atoms with van der Waals surface area (Å²) in [5, 5.41) is 17.1. The Morgan fingerprint density at radius 1 is 1.21 bits per heavy atom. The number of aromatic nitrogens is 3. The number of nitrogens with one attached hydrogen (secondary N) is 1. The fraction of sp³-hybridized carbons (Fsp3) is 0.519. The van der Waals surface area contributed by atoms with Gasteiger partial charge in [-0.15, -0.1) is 0 Å². The molecule has 2 aromatic heterocycles. The molecule has 7 nitrogen and oxygen atoms in total. The number of nitrogens with zero attached hydrogens (tertiary/aromatic N) is 3. The maximum atomic E-state index is 9.99. The van der Waals surface area contributed by atoms with Gasteiger partial charge in [-0.2, -0.15) is 0 Å². The number of aliphatic hydroxyl groups is 1. The van der Waals surface area contributed by atoms with Gasteiger partial charge < -0.3 is 19.7 Å². The fourth-order valence-electron chi connectivity index (χ4n) is 4.94. The summed E-state index contributed by atoms with van der Waals surface area (Å²) in [5.41, 5.74) is 5.74. The van der Waals surface area contributed by atoms with Crippen molar-refractivity contribution in [1.29, 1.82) is 0 Å². The summed E-state index contributed by atoms with van der Waals surface area (Å²) < 4.78 is 11.3. The van der Waals surface area contributed by atoms with Crippen molar-refractivity contribution in [1.82, 2.24) is 20.4 Å². The summed E-state index contributed by atoms with van der Waals surface area (Å²) in [6, 6.07) is 7.77. The van der Waals surface area contributed by atoms with Crippen molar-refractivity contribution in [3.8, 4) is 28.4 Å². The van der Waals surface area contributed by atoms with Gasteiger partial charge in [-0.3, -0.25) is 0 Å². The highest BCUT2D eigenvalue weighted by Crippen LogP contribution is 2.37. The third-order valence-corrected chi connectivity index (χ3v) is 6.99. The van der Waals surface area contributed by atoms with Crippen molar-refractivity contribution in [2.45, 2.75) is 59.5 Å². The van der Waals surface area contributed by atoms with Gasteiger partial charge in [0.25, 0.3) is 0 Å². The summed E-state index contributed by atoms with van der Waals surface area (Å²) in [4.78, 5) is 10.1. The highest BCUT2D eigenvalue weighted by Gasteiger charge is 2.27. The van der Waals surface area contributed by atoms with Crippen molar-refractivity contribution >= 4 is 0 Å². The monoisotopic (exact) mass is 464 g/mol. The van der Waals surface area contributed by atoms with Crippen molar-refractivity contribution in [3.05, 3.63) is 47.0 Å². The number of likely N-dealkylation sites (N-methyl/N-ethyl adjacent to an activating group) is 1. The van der Waals surface area contributed by atoms with Gasteiger partial charge in [-0.05, 0) is 70.2 Å². The first-order chi connectivity index (χ1) is 16.4. The lowest BCUT2D eigenvalue weighted by molar-refractivity contribution is 0.108. The smallest absolute Gasteiger partial charge is 0.160 e. The zero-order valence-electron chi connectivity index (χ0n) is 20.9. The second kappa shape index (κ2) is 10.7. The van der Waals surface area contributed by atoms with E-state index in [1.54, 1.807) is 7.05 Å². The van der Waals surface area contributed by atoms with E-state index >= 15 is 0 Å². The largest absolute Gasteiger partial charge is 0.491 e. The Bertz CT molecular complexity index is 1110. The van der Waals surface area contributed by atoms with Crippen LogP contribution in [0.5, 0.6) is 5.75 Å². The molecule has 3 aromatic rings. The molecular formula is C27H36N4O3. The topological polar surface area (TPSA) is 93.3 Å². The quantitative estimate of drug-likeness (QED) is 0.476. The highest BCUT2D eigenvalue weighted by molar-refractivity contribution is 5.71. The van der Waals surface area contributed by atoms with Crippen LogP contribution < -0.4 is 10.1 Å². The van der Waals surface area contributed by atoms with E-state index in [0.717, 1.165) is 46.0 Å². The number of benzene rings is 1. The molecule has 1 aliphatic rings. The molecule has 1 aromatic carbocycles. The SMILES string of the molecule is CNCC(O)COc1cccc(-c2nc(CC3CCC[C@H]3C)c(C)c(-c3c(C)noc3C)n2)c1. The zero-order valence-corrected chi connectivity index (χ0v) is 20.9. The van der Waals surface area contributed by atoms with Gasteiger partial charge >= 0.3 is 0 Å². The third-order valence-electron chi connectivity index (χ3n) is 6.99. The maximum absolute atomic E-state index is 9.99. The standard InChI is InChI=1S/C27H36N4O3/c1-16-8-6-9-20(16)13-24-17(2)26(25-18(3)31-34-19(25)4)30-27(29-24)21-10-7-11-23(12-21)33-15-22(32)14-28-5/h7,10-12,16,20,22,28,32H,6,8-9,13-15H2,1-5H3/t16-,20?,22?/m1/s1. The molecule has 1 fully saturated rings. The van der Waals surface area contributed by atoms with Gasteiger partial charge in [0, 0.05) is 17.8 Å². The first-order valence-corrected chi connectivity index (χ1v) is 12.2. The first kappa shape index (κ1) is 24.4. The summed E-state index contributed by atoms with van der Waals surface area (Å²) >= 11 is 0. The van der Waals surface area contributed by atoms with Gasteiger partial charge in [-0.1, -0.05) is 37.1 Å². The van der Waals surface area contributed by atoms with Gasteiger partial charge in [0.2, 0.25) is 0 Å². The molecule has 1 aliphatic carbocycles. The van der Waals surface area contributed by atoms with Crippen molar-refractivity contribution < 1.29 is 14.4 Å². The molecule has 0 spiro atoms. The Labute approximate surface area is 202 Å². The minimum Gasteiger partial charge on any atom is -0.491 e. The van der Waals surface area contributed by atoms with Crippen molar-refractivity contribution in [2.75, 3.05) is 20.2 Å². The number of aryl methyl sites for hydroxylation is 2. The molecule has 4 rings (SSSR count). The van der Waals surface area contributed by atoms with Crippen LogP contribution in [-0.4, -0.2) is 46.5 Å². The van der Waals surface area contributed by atoms with Crippen molar-refractivity contribution in [3.63, 3.8) is 0 Å². The molecule has 0 saturated heterocycles. The molecule has 2 unspecified atom stereocenters. The molecule has 7 heteroatoms. The first-order valence-electron chi connectivity index (χ1n) is 12.2. The molecule has 182 valence electrons. The molecule has 34 heavy (non-hydrogen) atoms. The fourth-order valence-corrected chi connectivity index (χ4v) is 4.94. The number of hydrogen-bond acceptors (Lipinski definition) is 7. The number of rotatable bonds is 9. The van der Waals surface area contributed by atoms with Crippen LogP contribution in [0.25, 0.3) is 22.6 Å². The Kier molecular flexibility index (Phi) is 7.63. The number of ether oxygens (including phenoxy) is 1. The van der Waals surface area contributed by atoms with E-state index in [4.69, 9.17) is 19.2 Å². The van der Waals surface area contributed by atoms with Gasteiger partial charge in [0.05, 0.1) is 17.0 Å². The summed E-state index contributed by atoms with van der Waals surface area (Å²) in [6.45, 7) is 9.05. The average molecular weight is 465 g/mol. The van der Waals surface area contributed by atoms with E-state index in [1.165, 1.54) is 19.3 Å². The molecular weight excluding hydrogens is 428 g/mol. The normalized spacial score (nSPS) is 18.9. The molecule has 0 radical (unpaired) electrons. The lowest BCUT2D eigenvalue weighted by Crippen LogP contribution is -2.29. The average Bonchev–Trinajstić information content (AvgIpc) is 3.38. The minimum atomic E-state index is -0.574. The Morgan fingerprint density at radius 2 is 2.03 bits per heavy atom. The maximum Gasteiger partial charge on any atom is 0.160 e. The summed E-state index contributed by atoms with van der Waals surface area (Å²) in [6.07, 6.45) is 4.20. The van der Waals surface area contributed by atoms with E-state index in [0.29, 0.717) is 30.0 Å². The zero-order chi connectivity index (χ0) is 24.2. The summed E-state index contributed by atoms with van der Waals surface area (Å²) in [7, 11) is 1.80. The number of aliphatic hydroxyl groups excluding tert-OH is 1. The van der Waals surface area contributed by atoms with E-state index < -0.39 is 6.10 Å². The molecule has 3 atom stereocenters. The van der Waals surface area contributed by atoms with Crippen LogP contribution >= 0.6 is 0 Å². The predicted molar refractivity (Wildman–Crippen MR) is 133 cm³/mol. The Hall–Kier alpha value is -2.77. The van der Waals surface area contributed by atoms with E-state index in [-0.39, 0.29) is 6.61 Å². The molecule has 0 aliphatic heterocycles. The lowest BCUT2D eigenvalue weighted by atomic mass is 9.90. The molecule has 0 bridgehead atoms. The van der Waals surface area contributed by atoms with Gasteiger partial charge in [0.15, 0.2) is 5.82 Å². The highest BCUT2D eigenvalue weighted by atomic mass is 16.5. The van der Waals surface area contributed by atoms with Crippen LogP contribution in [0, 0.1) is 32.6 Å². The van der Waals surface area contributed by atoms with Crippen LogP contribution in [0.3, 0.4) is 0 Å². The molecule has 0 amide bonds.